The van der Waals surface area contributed by atoms with Gasteiger partial charge in [-0.2, -0.15) is 5.10 Å². The van der Waals surface area contributed by atoms with Gasteiger partial charge in [0, 0.05) is 17.1 Å². The Hall–Kier alpha value is -1.62. The highest BCUT2D eigenvalue weighted by Crippen LogP contribution is 2.22. The predicted octanol–water partition coefficient (Wildman–Crippen LogP) is 1.95. The molecule has 4 nitrogen and oxygen atoms in total. The number of primary amides is 1. The monoisotopic (exact) mass is 279 g/mol. The standard InChI is InChI=1S/C11H10BrN3O/c1-15-10(11(13)16)6-9(14-15)7-3-2-4-8(12)5-7/h2-6H,1H3,(H2,13,16). The molecule has 1 aromatic carbocycles. The number of amides is 1. The molecule has 0 spiro atoms. The van der Waals surface area contributed by atoms with Gasteiger partial charge >= 0.3 is 0 Å². The van der Waals surface area contributed by atoms with Crippen molar-refractivity contribution in [1.29, 1.82) is 0 Å². The van der Waals surface area contributed by atoms with Gasteiger partial charge in [0.1, 0.15) is 5.69 Å². The summed E-state index contributed by atoms with van der Waals surface area (Å²) in [6.45, 7) is 0. The van der Waals surface area contributed by atoms with Crippen molar-refractivity contribution in [1.82, 2.24) is 9.78 Å². The van der Waals surface area contributed by atoms with Crippen LogP contribution in [0, 0.1) is 0 Å². The number of carbonyl (C=O) groups excluding carboxylic acids is 1. The normalized spacial score (nSPS) is 10.4. The van der Waals surface area contributed by atoms with E-state index in [4.69, 9.17) is 5.73 Å². The van der Waals surface area contributed by atoms with Crippen LogP contribution in [0.2, 0.25) is 0 Å². The molecule has 82 valence electrons. The number of halogens is 1. The molecule has 0 atom stereocenters. The SMILES string of the molecule is Cn1nc(-c2cccc(Br)c2)cc1C(N)=O. The van der Waals surface area contributed by atoms with Crippen molar-refractivity contribution in [3.05, 3.63) is 40.5 Å². The minimum absolute atomic E-state index is 0.398. The molecule has 0 radical (unpaired) electrons. The topological polar surface area (TPSA) is 60.9 Å². The lowest BCUT2D eigenvalue weighted by Gasteiger charge is -1.96. The van der Waals surface area contributed by atoms with Crippen LogP contribution in [0.15, 0.2) is 34.8 Å². The summed E-state index contributed by atoms with van der Waals surface area (Å²) in [6, 6.07) is 9.40. The maximum absolute atomic E-state index is 11.1. The van der Waals surface area contributed by atoms with E-state index >= 15 is 0 Å². The number of hydrogen-bond donors (Lipinski definition) is 1. The Morgan fingerprint density at radius 3 is 2.75 bits per heavy atom. The molecule has 0 saturated heterocycles. The maximum Gasteiger partial charge on any atom is 0.266 e. The first kappa shape index (κ1) is 10.9. The van der Waals surface area contributed by atoms with Crippen molar-refractivity contribution in [2.45, 2.75) is 0 Å². The molecule has 0 aliphatic rings. The zero-order chi connectivity index (χ0) is 11.7. The molecule has 0 saturated carbocycles. The Balaban J connectivity index is 2.49. The zero-order valence-corrected chi connectivity index (χ0v) is 10.2. The van der Waals surface area contributed by atoms with E-state index in [1.807, 2.05) is 24.3 Å². The summed E-state index contributed by atoms with van der Waals surface area (Å²) >= 11 is 3.39. The Bertz CT molecular complexity index is 548. The molecule has 0 aliphatic heterocycles. The van der Waals surface area contributed by atoms with Crippen LogP contribution in [0.25, 0.3) is 11.3 Å². The van der Waals surface area contributed by atoms with E-state index in [0.29, 0.717) is 5.69 Å². The van der Waals surface area contributed by atoms with Crippen molar-refractivity contribution in [3.63, 3.8) is 0 Å². The van der Waals surface area contributed by atoms with E-state index in [-0.39, 0.29) is 0 Å². The highest BCUT2D eigenvalue weighted by Gasteiger charge is 2.11. The number of carbonyl (C=O) groups is 1. The van der Waals surface area contributed by atoms with Crippen LogP contribution in [0.5, 0.6) is 0 Å². The second kappa shape index (κ2) is 4.09. The molecule has 2 N–H and O–H groups in total. The number of aromatic nitrogens is 2. The molecule has 0 bridgehead atoms. The molecule has 16 heavy (non-hydrogen) atoms. The molecule has 2 rings (SSSR count). The zero-order valence-electron chi connectivity index (χ0n) is 8.64. The van der Waals surface area contributed by atoms with Crippen molar-refractivity contribution in [2.75, 3.05) is 0 Å². The van der Waals surface area contributed by atoms with Gasteiger partial charge in [0.25, 0.3) is 5.91 Å². The molecule has 0 aliphatic carbocycles. The second-order valence-electron chi connectivity index (χ2n) is 3.41. The highest BCUT2D eigenvalue weighted by molar-refractivity contribution is 9.10. The molecule has 2 aromatic rings. The average Bonchev–Trinajstić information content (AvgIpc) is 2.60. The first-order valence-electron chi connectivity index (χ1n) is 4.67. The van der Waals surface area contributed by atoms with Crippen LogP contribution >= 0.6 is 15.9 Å². The lowest BCUT2D eigenvalue weighted by Crippen LogP contribution is -2.15. The summed E-state index contributed by atoms with van der Waals surface area (Å²) in [7, 11) is 1.70. The van der Waals surface area contributed by atoms with E-state index < -0.39 is 5.91 Å². The third-order valence-electron chi connectivity index (χ3n) is 2.25. The summed E-state index contributed by atoms with van der Waals surface area (Å²) in [5, 5.41) is 4.24. The van der Waals surface area contributed by atoms with Gasteiger partial charge in [0.2, 0.25) is 0 Å². The molecule has 1 aromatic heterocycles. The van der Waals surface area contributed by atoms with E-state index in [1.165, 1.54) is 4.68 Å². The molecular formula is C11H10BrN3O. The molecule has 1 amide bonds. The van der Waals surface area contributed by atoms with E-state index in [0.717, 1.165) is 15.7 Å². The van der Waals surface area contributed by atoms with E-state index in [1.54, 1.807) is 13.1 Å². The van der Waals surface area contributed by atoms with Gasteiger partial charge in [-0.05, 0) is 18.2 Å². The number of nitrogens with zero attached hydrogens (tertiary/aromatic N) is 2. The van der Waals surface area contributed by atoms with E-state index in [2.05, 4.69) is 21.0 Å². The minimum Gasteiger partial charge on any atom is -0.364 e. The van der Waals surface area contributed by atoms with Crippen molar-refractivity contribution in [2.24, 2.45) is 12.8 Å². The van der Waals surface area contributed by atoms with Crippen molar-refractivity contribution in [3.8, 4) is 11.3 Å². The lowest BCUT2D eigenvalue weighted by atomic mass is 10.1. The van der Waals surface area contributed by atoms with Crippen LogP contribution in [0.3, 0.4) is 0 Å². The van der Waals surface area contributed by atoms with Crippen molar-refractivity contribution < 1.29 is 4.79 Å². The number of aryl methyl sites for hydroxylation is 1. The summed E-state index contributed by atoms with van der Waals surface area (Å²) in [6.07, 6.45) is 0. The third-order valence-corrected chi connectivity index (χ3v) is 2.75. The third kappa shape index (κ3) is 1.99. The van der Waals surface area contributed by atoms with Gasteiger partial charge in [0.15, 0.2) is 0 Å². The fourth-order valence-corrected chi connectivity index (χ4v) is 1.89. The predicted molar refractivity (Wildman–Crippen MR) is 64.9 cm³/mol. The average molecular weight is 280 g/mol. The van der Waals surface area contributed by atoms with Gasteiger partial charge in [-0.1, -0.05) is 28.1 Å². The van der Waals surface area contributed by atoms with Crippen LogP contribution in [0.4, 0.5) is 0 Å². The van der Waals surface area contributed by atoms with Crippen LogP contribution < -0.4 is 5.73 Å². The summed E-state index contributed by atoms with van der Waals surface area (Å²) in [5.41, 5.74) is 7.30. The summed E-state index contributed by atoms with van der Waals surface area (Å²) in [4.78, 5) is 11.1. The number of nitrogens with two attached hydrogens (primary N) is 1. The van der Waals surface area contributed by atoms with Crippen LogP contribution in [-0.4, -0.2) is 15.7 Å². The molecule has 0 fully saturated rings. The van der Waals surface area contributed by atoms with Gasteiger partial charge < -0.3 is 5.73 Å². The van der Waals surface area contributed by atoms with Gasteiger partial charge in [0.05, 0.1) is 5.69 Å². The lowest BCUT2D eigenvalue weighted by molar-refractivity contribution is 0.0991. The van der Waals surface area contributed by atoms with Gasteiger partial charge in [-0.15, -0.1) is 0 Å². The minimum atomic E-state index is -0.476. The Morgan fingerprint density at radius 1 is 1.44 bits per heavy atom. The number of benzene rings is 1. The Labute approximate surface area is 101 Å². The fourth-order valence-electron chi connectivity index (χ4n) is 1.49. The number of rotatable bonds is 2. The fraction of sp³-hybridized carbons (Fsp3) is 0.0909. The van der Waals surface area contributed by atoms with E-state index in [9.17, 15) is 4.79 Å². The van der Waals surface area contributed by atoms with Gasteiger partial charge in [-0.3, -0.25) is 9.48 Å². The molecule has 1 heterocycles. The molecule has 0 unspecified atom stereocenters. The largest absolute Gasteiger partial charge is 0.364 e. The smallest absolute Gasteiger partial charge is 0.266 e. The maximum atomic E-state index is 11.1. The molecular weight excluding hydrogens is 270 g/mol. The number of hydrogen-bond acceptors (Lipinski definition) is 2. The quantitative estimate of drug-likeness (QED) is 0.913. The first-order chi connectivity index (χ1) is 7.58. The Kier molecular flexibility index (Phi) is 2.78. The second-order valence-corrected chi connectivity index (χ2v) is 4.33. The summed E-state index contributed by atoms with van der Waals surface area (Å²) < 4.78 is 2.45. The molecule has 5 heteroatoms. The van der Waals surface area contributed by atoms with Crippen molar-refractivity contribution >= 4 is 21.8 Å². The Morgan fingerprint density at radius 2 is 2.19 bits per heavy atom. The van der Waals surface area contributed by atoms with Crippen LogP contribution in [0.1, 0.15) is 10.5 Å². The highest BCUT2D eigenvalue weighted by atomic mass is 79.9. The van der Waals surface area contributed by atoms with Crippen LogP contribution in [-0.2, 0) is 7.05 Å². The summed E-state index contributed by atoms with van der Waals surface area (Å²) in [5.74, 6) is -0.476. The first-order valence-corrected chi connectivity index (χ1v) is 5.47. The van der Waals surface area contributed by atoms with Gasteiger partial charge in [-0.25, -0.2) is 0 Å².